The van der Waals surface area contributed by atoms with E-state index < -0.39 is 5.60 Å². The first-order chi connectivity index (χ1) is 7.38. The van der Waals surface area contributed by atoms with E-state index in [-0.39, 0.29) is 18.6 Å². The van der Waals surface area contributed by atoms with Gasteiger partial charge >= 0.3 is 5.97 Å². The summed E-state index contributed by atoms with van der Waals surface area (Å²) >= 11 is 0. The van der Waals surface area contributed by atoms with Gasteiger partial charge in [0.25, 0.3) is 0 Å². The van der Waals surface area contributed by atoms with E-state index in [9.17, 15) is 4.79 Å². The van der Waals surface area contributed by atoms with Gasteiger partial charge in [-0.2, -0.15) is 5.10 Å². The van der Waals surface area contributed by atoms with Crippen molar-refractivity contribution in [2.24, 2.45) is 0 Å². The predicted molar refractivity (Wildman–Crippen MR) is 60.9 cm³/mol. The molecule has 0 aliphatic rings. The van der Waals surface area contributed by atoms with Gasteiger partial charge in [0.15, 0.2) is 0 Å². The zero-order valence-electron chi connectivity index (χ0n) is 10.2. The zero-order chi connectivity index (χ0) is 12.2. The summed E-state index contributed by atoms with van der Waals surface area (Å²) in [6.07, 6.45) is 1.68. The Bertz CT molecular complexity index is 327. The van der Waals surface area contributed by atoms with Crippen LogP contribution in [0.1, 0.15) is 39.4 Å². The molecule has 0 aromatic carbocycles. The van der Waals surface area contributed by atoms with Crippen molar-refractivity contribution in [2.45, 2.75) is 39.3 Å². The highest BCUT2D eigenvalue weighted by atomic mass is 16.6. The van der Waals surface area contributed by atoms with Crippen molar-refractivity contribution in [3.05, 3.63) is 18.0 Å². The third kappa shape index (κ3) is 4.44. The predicted octanol–water partition coefficient (Wildman–Crippen LogP) is 1.40. The first-order valence-corrected chi connectivity index (χ1v) is 5.33. The lowest BCUT2D eigenvalue weighted by atomic mass is 10.2. The number of hydrogen-bond acceptors (Lipinski definition) is 4. The highest BCUT2D eigenvalue weighted by Gasteiger charge is 2.16. The number of nitrogens with one attached hydrogen (secondary N) is 2. The topological polar surface area (TPSA) is 67.0 Å². The zero-order valence-corrected chi connectivity index (χ0v) is 10.2. The standard InChI is InChI=1S/C11H19N3O2/c1-8(9-5-6-13-14-9)12-7-10(15)16-11(2,3)4/h5-6,8,12H,7H2,1-4H3,(H,13,14). The Hall–Kier alpha value is -1.36. The Kier molecular flexibility index (Phi) is 4.06. The highest BCUT2D eigenvalue weighted by molar-refractivity contribution is 5.72. The molecule has 0 amide bonds. The van der Waals surface area contributed by atoms with Crippen LogP contribution in [-0.4, -0.2) is 28.3 Å². The lowest BCUT2D eigenvalue weighted by Gasteiger charge is -2.20. The molecule has 0 saturated heterocycles. The largest absolute Gasteiger partial charge is 0.459 e. The van der Waals surface area contributed by atoms with Gasteiger partial charge in [0.05, 0.1) is 12.2 Å². The second kappa shape index (κ2) is 5.12. The van der Waals surface area contributed by atoms with E-state index in [1.165, 1.54) is 0 Å². The normalized spacial score (nSPS) is 13.5. The summed E-state index contributed by atoms with van der Waals surface area (Å²) in [5, 5.41) is 9.75. The van der Waals surface area contributed by atoms with E-state index in [1.807, 2.05) is 33.8 Å². The summed E-state index contributed by atoms with van der Waals surface area (Å²) in [6.45, 7) is 7.70. The number of H-pyrrole nitrogens is 1. The molecule has 0 saturated carbocycles. The summed E-state index contributed by atoms with van der Waals surface area (Å²) < 4.78 is 5.18. The lowest BCUT2D eigenvalue weighted by Crippen LogP contribution is -2.32. The lowest BCUT2D eigenvalue weighted by molar-refractivity contribution is -0.153. The third-order valence-corrected chi connectivity index (χ3v) is 1.96. The van der Waals surface area contributed by atoms with Crippen LogP contribution in [0.3, 0.4) is 0 Å². The van der Waals surface area contributed by atoms with Gasteiger partial charge in [-0.1, -0.05) is 0 Å². The van der Waals surface area contributed by atoms with Crippen LogP contribution in [0.4, 0.5) is 0 Å². The van der Waals surface area contributed by atoms with E-state index in [0.29, 0.717) is 0 Å². The third-order valence-electron chi connectivity index (χ3n) is 1.96. The molecular weight excluding hydrogens is 206 g/mol. The van der Waals surface area contributed by atoms with E-state index in [0.717, 1.165) is 5.69 Å². The Morgan fingerprint density at radius 2 is 2.31 bits per heavy atom. The molecule has 1 atom stereocenters. The maximum atomic E-state index is 11.4. The molecule has 0 bridgehead atoms. The second-order valence-electron chi connectivity index (χ2n) is 4.70. The van der Waals surface area contributed by atoms with Crippen LogP contribution < -0.4 is 5.32 Å². The van der Waals surface area contributed by atoms with Crippen LogP contribution in [0.2, 0.25) is 0 Å². The number of nitrogens with zero attached hydrogens (tertiary/aromatic N) is 1. The number of carbonyl (C=O) groups is 1. The number of ether oxygens (including phenoxy) is 1. The Balaban J connectivity index is 2.32. The molecule has 1 rings (SSSR count). The summed E-state index contributed by atoms with van der Waals surface area (Å²) in [5.74, 6) is -0.251. The number of carbonyl (C=O) groups excluding carboxylic acids is 1. The van der Waals surface area contributed by atoms with Gasteiger partial charge in [-0.3, -0.25) is 15.2 Å². The molecular formula is C11H19N3O2. The van der Waals surface area contributed by atoms with Crippen molar-refractivity contribution < 1.29 is 9.53 Å². The smallest absolute Gasteiger partial charge is 0.320 e. The molecule has 1 aromatic heterocycles. The van der Waals surface area contributed by atoms with Crippen LogP contribution in [0, 0.1) is 0 Å². The number of aromatic amines is 1. The van der Waals surface area contributed by atoms with Gasteiger partial charge in [0.1, 0.15) is 5.60 Å². The Morgan fingerprint density at radius 1 is 1.62 bits per heavy atom. The molecule has 1 unspecified atom stereocenters. The van der Waals surface area contributed by atoms with Crippen molar-refractivity contribution in [1.82, 2.24) is 15.5 Å². The number of rotatable bonds is 4. The van der Waals surface area contributed by atoms with Gasteiger partial charge in [-0.25, -0.2) is 0 Å². The molecule has 90 valence electrons. The number of aromatic nitrogens is 2. The fourth-order valence-electron chi connectivity index (χ4n) is 1.23. The maximum Gasteiger partial charge on any atom is 0.320 e. The minimum Gasteiger partial charge on any atom is -0.459 e. The first-order valence-electron chi connectivity index (χ1n) is 5.33. The fraction of sp³-hybridized carbons (Fsp3) is 0.636. The summed E-state index contributed by atoms with van der Waals surface area (Å²) in [4.78, 5) is 11.4. The number of hydrogen-bond donors (Lipinski definition) is 2. The minimum atomic E-state index is -0.435. The van der Waals surface area contributed by atoms with Gasteiger partial charge < -0.3 is 4.74 Å². The molecule has 0 fully saturated rings. The molecule has 0 radical (unpaired) electrons. The molecule has 5 nitrogen and oxygen atoms in total. The maximum absolute atomic E-state index is 11.4. The average Bonchev–Trinajstić information content (AvgIpc) is 2.64. The second-order valence-corrected chi connectivity index (χ2v) is 4.70. The van der Waals surface area contributed by atoms with Crippen molar-refractivity contribution in [1.29, 1.82) is 0 Å². The van der Waals surface area contributed by atoms with Gasteiger partial charge in [0.2, 0.25) is 0 Å². The van der Waals surface area contributed by atoms with Crippen LogP contribution in [0.25, 0.3) is 0 Å². The van der Waals surface area contributed by atoms with Crippen molar-refractivity contribution in [3.63, 3.8) is 0 Å². The monoisotopic (exact) mass is 225 g/mol. The van der Waals surface area contributed by atoms with E-state index >= 15 is 0 Å². The highest BCUT2D eigenvalue weighted by Crippen LogP contribution is 2.09. The quantitative estimate of drug-likeness (QED) is 0.760. The fourth-order valence-corrected chi connectivity index (χ4v) is 1.23. The van der Waals surface area contributed by atoms with E-state index in [2.05, 4.69) is 15.5 Å². The van der Waals surface area contributed by atoms with Crippen molar-refractivity contribution >= 4 is 5.97 Å². The minimum absolute atomic E-state index is 0.0509. The first kappa shape index (κ1) is 12.7. The molecule has 0 spiro atoms. The van der Waals surface area contributed by atoms with E-state index in [4.69, 9.17) is 4.74 Å². The molecule has 5 heteroatoms. The molecule has 1 aromatic rings. The molecule has 16 heavy (non-hydrogen) atoms. The SMILES string of the molecule is CC(NCC(=O)OC(C)(C)C)c1ccn[nH]1. The van der Waals surface area contributed by atoms with Crippen LogP contribution in [0.15, 0.2) is 12.3 Å². The summed E-state index contributed by atoms with van der Waals surface area (Å²) in [7, 11) is 0. The number of esters is 1. The molecule has 0 aliphatic heterocycles. The van der Waals surface area contributed by atoms with Crippen LogP contribution in [-0.2, 0) is 9.53 Å². The van der Waals surface area contributed by atoms with E-state index in [1.54, 1.807) is 6.20 Å². The van der Waals surface area contributed by atoms with Gasteiger partial charge in [0, 0.05) is 12.2 Å². The van der Waals surface area contributed by atoms with Gasteiger partial charge in [-0.05, 0) is 33.8 Å². The van der Waals surface area contributed by atoms with Gasteiger partial charge in [-0.15, -0.1) is 0 Å². The molecule has 0 aliphatic carbocycles. The molecule has 1 heterocycles. The average molecular weight is 225 g/mol. The van der Waals surface area contributed by atoms with Crippen molar-refractivity contribution in [3.8, 4) is 0 Å². The summed E-state index contributed by atoms with van der Waals surface area (Å²) in [6, 6.07) is 1.92. The van der Waals surface area contributed by atoms with Crippen LogP contribution >= 0.6 is 0 Å². The van der Waals surface area contributed by atoms with Crippen molar-refractivity contribution in [2.75, 3.05) is 6.54 Å². The summed E-state index contributed by atoms with van der Waals surface area (Å²) in [5.41, 5.74) is 0.513. The molecule has 2 N–H and O–H groups in total. The Morgan fingerprint density at radius 3 is 2.81 bits per heavy atom. The van der Waals surface area contributed by atoms with Crippen LogP contribution in [0.5, 0.6) is 0 Å². The Labute approximate surface area is 95.6 Å².